The van der Waals surface area contributed by atoms with Gasteiger partial charge >= 0.3 is 0 Å². The molecule has 1 aromatic carbocycles. The van der Waals surface area contributed by atoms with Crippen molar-refractivity contribution in [2.24, 2.45) is 0 Å². The highest BCUT2D eigenvalue weighted by atomic mass is 16.5. The van der Waals surface area contributed by atoms with Crippen molar-refractivity contribution in [3.8, 4) is 5.75 Å². The average Bonchev–Trinajstić information content (AvgIpc) is 2.40. The van der Waals surface area contributed by atoms with E-state index >= 15 is 0 Å². The second kappa shape index (κ2) is 9.64. The van der Waals surface area contributed by atoms with Crippen LogP contribution in [0.2, 0.25) is 0 Å². The third-order valence-electron chi connectivity index (χ3n) is 3.21. The molecule has 1 rings (SSSR count). The van der Waals surface area contributed by atoms with Crippen molar-refractivity contribution in [2.45, 2.75) is 39.2 Å². The summed E-state index contributed by atoms with van der Waals surface area (Å²) in [6, 6.07) is 6.12. The summed E-state index contributed by atoms with van der Waals surface area (Å²) in [6.45, 7) is 7.30. The number of benzene rings is 1. The Hall–Kier alpha value is -1.26. The third-order valence-corrected chi connectivity index (χ3v) is 3.21. The third kappa shape index (κ3) is 7.93. The Kier molecular flexibility index (Phi) is 8.16. The van der Waals surface area contributed by atoms with E-state index in [1.54, 1.807) is 0 Å². The first-order valence-corrected chi connectivity index (χ1v) is 7.89. The number of ether oxygens (including phenoxy) is 1. The van der Waals surface area contributed by atoms with Gasteiger partial charge in [0.05, 0.1) is 11.8 Å². The van der Waals surface area contributed by atoms with Crippen LogP contribution in [0.4, 0.5) is 5.69 Å². The minimum absolute atomic E-state index is 0.157. The Morgan fingerprint density at radius 3 is 2.52 bits per heavy atom. The molecule has 120 valence electrons. The van der Waals surface area contributed by atoms with Crippen molar-refractivity contribution in [3.63, 3.8) is 0 Å². The van der Waals surface area contributed by atoms with Crippen LogP contribution in [0.15, 0.2) is 18.2 Å². The number of aryl methyl sites for hydroxylation is 1. The maximum absolute atomic E-state index is 6.02. The van der Waals surface area contributed by atoms with E-state index in [1.165, 1.54) is 12.0 Å². The van der Waals surface area contributed by atoms with Crippen LogP contribution in [0.3, 0.4) is 0 Å². The Balaban J connectivity index is 2.22. The van der Waals surface area contributed by atoms with Crippen LogP contribution in [0.25, 0.3) is 0 Å². The van der Waals surface area contributed by atoms with E-state index in [0.717, 1.165) is 43.9 Å². The lowest BCUT2D eigenvalue weighted by atomic mass is 10.1. The second-order valence-electron chi connectivity index (χ2n) is 6.05. The van der Waals surface area contributed by atoms with Gasteiger partial charge in [0.15, 0.2) is 0 Å². The van der Waals surface area contributed by atoms with Crippen molar-refractivity contribution in [2.75, 3.05) is 39.5 Å². The number of hydrogen-bond acceptors (Lipinski definition) is 4. The molecule has 0 radical (unpaired) electrons. The predicted molar refractivity (Wildman–Crippen MR) is 91.0 cm³/mol. The molecule has 0 fully saturated rings. The molecule has 4 heteroatoms. The van der Waals surface area contributed by atoms with Gasteiger partial charge in [-0.1, -0.05) is 6.07 Å². The Bertz CT molecular complexity index is 405. The molecule has 0 saturated carbocycles. The summed E-state index contributed by atoms with van der Waals surface area (Å²) in [4.78, 5) is 2.21. The van der Waals surface area contributed by atoms with Gasteiger partial charge in [0.2, 0.25) is 0 Å². The van der Waals surface area contributed by atoms with Crippen molar-refractivity contribution in [3.05, 3.63) is 23.8 Å². The molecule has 0 aromatic heterocycles. The normalized spacial score (nSPS) is 11.3. The summed E-state index contributed by atoms with van der Waals surface area (Å²) in [6.07, 6.45) is 3.53. The molecule has 0 aliphatic rings. The first-order chi connectivity index (χ1) is 9.99. The van der Waals surface area contributed by atoms with Crippen LogP contribution in [0.1, 0.15) is 32.3 Å². The Morgan fingerprint density at radius 1 is 1.19 bits per heavy atom. The van der Waals surface area contributed by atoms with Gasteiger partial charge in [-0.05, 0) is 84.5 Å². The molecule has 21 heavy (non-hydrogen) atoms. The van der Waals surface area contributed by atoms with Crippen LogP contribution in [0, 0.1) is 0 Å². The molecule has 0 aliphatic carbocycles. The zero-order valence-electron chi connectivity index (χ0n) is 14.0. The molecule has 3 N–H and O–H groups in total. The molecule has 0 saturated heterocycles. The van der Waals surface area contributed by atoms with E-state index in [4.69, 9.17) is 10.5 Å². The molecular formula is C17H31N3O. The van der Waals surface area contributed by atoms with Crippen molar-refractivity contribution in [1.29, 1.82) is 0 Å². The molecule has 1 aromatic rings. The summed E-state index contributed by atoms with van der Waals surface area (Å²) < 4.78 is 5.65. The van der Waals surface area contributed by atoms with Crippen LogP contribution in [0.5, 0.6) is 5.75 Å². The molecule has 0 amide bonds. The number of hydrogen-bond donors (Lipinski definition) is 2. The van der Waals surface area contributed by atoms with E-state index in [1.807, 2.05) is 26.0 Å². The Morgan fingerprint density at radius 2 is 1.90 bits per heavy atom. The molecule has 0 atom stereocenters. The Labute approximate surface area is 129 Å². The van der Waals surface area contributed by atoms with Gasteiger partial charge in [0.1, 0.15) is 5.75 Å². The van der Waals surface area contributed by atoms with E-state index < -0.39 is 0 Å². The lowest BCUT2D eigenvalue weighted by Gasteiger charge is -2.13. The smallest absolute Gasteiger partial charge is 0.142 e. The van der Waals surface area contributed by atoms with Crippen molar-refractivity contribution < 1.29 is 4.74 Å². The van der Waals surface area contributed by atoms with Gasteiger partial charge in [-0.25, -0.2) is 0 Å². The van der Waals surface area contributed by atoms with Crippen molar-refractivity contribution in [1.82, 2.24) is 10.2 Å². The fourth-order valence-electron chi connectivity index (χ4n) is 2.18. The van der Waals surface area contributed by atoms with Gasteiger partial charge < -0.3 is 20.7 Å². The van der Waals surface area contributed by atoms with Gasteiger partial charge in [0.25, 0.3) is 0 Å². The summed E-state index contributed by atoms with van der Waals surface area (Å²) >= 11 is 0. The number of nitrogens with one attached hydrogen (secondary N) is 1. The molecular weight excluding hydrogens is 262 g/mol. The quantitative estimate of drug-likeness (QED) is 0.514. The number of nitrogens with two attached hydrogens (primary N) is 1. The largest absolute Gasteiger partial charge is 0.489 e. The molecule has 4 nitrogen and oxygen atoms in total. The molecule has 0 spiro atoms. The fourth-order valence-corrected chi connectivity index (χ4v) is 2.18. The first-order valence-electron chi connectivity index (χ1n) is 7.89. The fraction of sp³-hybridized carbons (Fsp3) is 0.647. The van der Waals surface area contributed by atoms with Gasteiger partial charge in [0, 0.05) is 0 Å². The molecule has 0 heterocycles. The standard InChI is InChI=1S/C17H31N3O/c1-14(2)21-17-9-8-15(13-16(17)18)7-5-10-19-11-6-12-20(3)4/h8-9,13-14,19H,5-7,10-12,18H2,1-4H3. The van der Waals surface area contributed by atoms with E-state index in [-0.39, 0.29) is 6.10 Å². The van der Waals surface area contributed by atoms with Crippen molar-refractivity contribution >= 4 is 5.69 Å². The van der Waals surface area contributed by atoms with Crippen LogP contribution in [-0.4, -0.2) is 44.7 Å². The maximum atomic E-state index is 6.02. The summed E-state index contributed by atoms with van der Waals surface area (Å²) in [7, 11) is 4.22. The number of nitrogens with zero attached hydrogens (tertiary/aromatic N) is 1. The van der Waals surface area contributed by atoms with Gasteiger partial charge in [-0.2, -0.15) is 0 Å². The molecule has 0 aliphatic heterocycles. The van der Waals surface area contributed by atoms with E-state index in [0.29, 0.717) is 0 Å². The lowest BCUT2D eigenvalue weighted by Crippen LogP contribution is -2.22. The van der Waals surface area contributed by atoms with Crippen LogP contribution < -0.4 is 15.8 Å². The number of rotatable bonds is 10. The van der Waals surface area contributed by atoms with E-state index in [2.05, 4.69) is 30.4 Å². The first kappa shape index (κ1) is 17.8. The summed E-state index contributed by atoms with van der Waals surface area (Å²) in [5.74, 6) is 0.788. The highest BCUT2D eigenvalue weighted by molar-refractivity contribution is 5.54. The highest BCUT2D eigenvalue weighted by Gasteiger charge is 2.04. The van der Waals surface area contributed by atoms with Crippen LogP contribution in [-0.2, 0) is 6.42 Å². The SMILES string of the molecule is CC(C)Oc1ccc(CCCNCCCN(C)C)cc1N. The molecule has 0 unspecified atom stereocenters. The van der Waals surface area contributed by atoms with Crippen LogP contribution >= 0.6 is 0 Å². The topological polar surface area (TPSA) is 50.5 Å². The minimum Gasteiger partial charge on any atom is -0.489 e. The lowest BCUT2D eigenvalue weighted by molar-refractivity contribution is 0.244. The summed E-state index contributed by atoms with van der Waals surface area (Å²) in [5, 5.41) is 3.48. The number of nitrogen functional groups attached to an aromatic ring is 1. The van der Waals surface area contributed by atoms with E-state index in [9.17, 15) is 0 Å². The minimum atomic E-state index is 0.157. The highest BCUT2D eigenvalue weighted by Crippen LogP contribution is 2.24. The molecule has 0 bridgehead atoms. The zero-order chi connectivity index (χ0) is 15.7. The average molecular weight is 293 g/mol. The second-order valence-corrected chi connectivity index (χ2v) is 6.05. The zero-order valence-corrected chi connectivity index (χ0v) is 14.0. The van der Waals surface area contributed by atoms with Gasteiger partial charge in [-0.3, -0.25) is 0 Å². The monoisotopic (exact) mass is 293 g/mol. The maximum Gasteiger partial charge on any atom is 0.142 e. The number of anilines is 1. The van der Waals surface area contributed by atoms with Gasteiger partial charge in [-0.15, -0.1) is 0 Å². The predicted octanol–water partition coefficient (Wildman–Crippen LogP) is 2.53. The summed E-state index contributed by atoms with van der Waals surface area (Å²) in [5.41, 5.74) is 8.04.